The van der Waals surface area contributed by atoms with Crippen LogP contribution in [0.5, 0.6) is 11.5 Å². The number of pyridine rings is 2. The predicted molar refractivity (Wildman–Crippen MR) is 159 cm³/mol. The number of nitrogens with zero attached hydrogens (tertiary/aromatic N) is 2. The monoisotopic (exact) mass is 613 g/mol. The Labute approximate surface area is 254 Å². The van der Waals surface area contributed by atoms with Crippen molar-refractivity contribution >= 4 is 17.7 Å². The van der Waals surface area contributed by atoms with Gasteiger partial charge in [-0.15, -0.1) is 0 Å². The largest absolute Gasteiger partial charge is 0.496 e. The van der Waals surface area contributed by atoms with Gasteiger partial charge in [-0.1, -0.05) is 13.3 Å². The Hall–Kier alpha value is -4.36. The average molecular weight is 614 g/mol. The highest BCUT2D eigenvalue weighted by atomic mass is 19.1. The third-order valence-electron chi connectivity index (χ3n) is 7.77. The summed E-state index contributed by atoms with van der Waals surface area (Å²) in [5, 5.41) is 5.68. The van der Waals surface area contributed by atoms with Crippen molar-refractivity contribution in [2.24, 2.45) is 11.7 Å². The van der Waals surface area contributed by atoms with E-state index < -0.39 is 29.3 Å². The first-order valence-electron chi connectivity index (χ1n) is 14.2. The molecule has 44 heavy (non-hydrogen) atoms. The van der Waals surface area contributed by atoms with Crippen molar-refractivity contribution in [3.05, 3.63) is 65.6 Å². The van der Waals surface area contributed by atoms with Gasteiger partial charge in [0.2, 0.25) is 0 Å². The van der Waals surface area contributed by atoms with Crippen molar-refractivity contribution in [3.8, 4) is 22.8 Å². The minimum atomic E-state index is -0.842. The lowest BCUT2D eigenvalue weighted by Gasteiger charge is -2.40. The topological polar surface area (TPSA) is 147 Å². The number of anilines is 1. The van der Waals surface area contributed by atoms with Crippen LogP contribution in [0.25, 0.3) is 11.3 Å². The van der Waals surface area contributed by atoms with Gasteiger partial charge in [-0.05, 0) is 48.4 Å². The number of benzene rings is 1. The molecule has 1 aliphatic carbocycles. The fraction of sp³-hybridized carbons (Fsp3) is 0.419. The number of alkyl carbamates (subject to hydrolysis) is 1. The number of halogens is 2. The first-order chi connectivity index (χ1) is 21.2. The number of rotatable bonds is 11. The molecule has 0 bridgehead atoms. The number of amides is 2. The second kappa shape index (κ2) is 14.9. The molecule has 4 rings (SSSR count). The minimum absolute atomic E-state index is 0.0185. The number of carbonyl (C=O) groups excluding carboxylic acids is 2. The Balaban J connectivity index is 1.59. The highest BCUT2D eigenvalue weighted by Gasteiger charge is 2.37. The Bertz CT molecular complexity index is 1480. The molecule has 0 saturated heterocycles. The molecule has 4 N–H and O–H groups in total. The summed E-state index contributed by atoms with van der Waals surface area (Å²) in [6.07, 6.45) is 4.63. The fourth-order valence-electron chi connectivity index (χ4n) is 5.60. The van der Waals surface area contributed by atoms with Crippen molar-refractivity contribution in [3.63, 3.8) is 0 Å². The Morgan fingerprint density at radius 2 is 1.86 bits per heavy atom. The molecule has 4 atom stereocenters. The molecule has 0 radical (unpaired) electrons. The molecule has 1 aliphatic rings. The zero-order valence-corrected chi connectivity index (χ0v) is 25.1. The lowest BCUT2D eigenvalue weighted by Crippen LogP contribution is -2.55. The van der Waals surface area contributed by atoms with Crippen LogP contribution >= 0.6 is 0 Å². The SMILES string of the molecule is CCC1CC(c2ccncc2NC(=O)c2ccc(F)c(-c3c(F)cc(OCCOC)cc3OC)n2)CC(N)C1NC(=O)OC. The summed E-state index contributed by atoms with van der Waals surface area (Å²) in [5.41, 5.74) is 6.97. The van der Waals surface area contributed by atoms with Gasteiger partial charge in [0.05, 0.1) is 44.3 Å². The lowest BCUT2D eigenvalue weighted by atomic mass is 9.71. The van der Waals surface area contributed by atoms with Crippen LogP contribution in [-0.4, -0.2) is 68.6 Å². The molecule has 1 aromatic carbocycles. The number of ether oxygens (including phenoxy) is 4. The van der Waals surface area contributed by atoms with Crippen LogP contribution in [-0.2, 0) is 9.47 Å². The van der Waals surface area contributed by atoms with Gasteiger partial charge >= 0.3 is 6.09 Å². The summed E-state index contributed by atoms with van der Waals surface area (Å²) in [4.78, 5) is 33.7. The van der Waals surface area contributed by atoms with E-state index in [0.29, 0.717) is 18.5 Å². The molecule has 13 heteroatoms. The molecule has 236 valence electrons. The van der Waals surface area contributed by atoms with Gasteiger partial charge in [0.15, 0.2) is 0 Å². The van der Waals surface area contributed by atoms with E-state index in [2.05, 4.69) is 20.6 Å². The lowest BCUT2D eigenvalue weighted by molar-refractivity contribution is 0.102. The maximum Gasteiger partial charge on any atom is 0.407 e. The summed E-state index contributed by atoms with van der Waals surface area (Å²) in [6.45, 7) is 2.49. The van der Waals surface area contributed by atoms with Crippen LogP contribution in [0.4, 0.5) is 19.3 Å². The van der Waals surface area contributed by atoms with Gasteiger partial charge in [0, 0.05) is 31.5 Å². The highest BCUT2D eigenvalue weighted by Crippen LogP contribution is 2.40. The van der Waals surface area contributed by atoms with E-state index in [0.717, 1.165) is 24.1 Å². The Morgan fingerprint density at radius 3 is 2.57 bits per heavy atom. The van der Waals surface area contributed by atoms with Crippen LogP contribution in [0.1, 0.15) is 48.2 Å². The molecule has 2 aromatic heterocycles. The van der Waals surface area contributed by atoms with Crippen molar-refractivity contribution in [1.29, 1.82) is 0 Å². The van der Waals surface area contributed by atoms with E-state index >= 15 is 8.78 Å². The van der Waals surface area contributed by atoms with Gasteiger partial charge in [0.25, 0.3) is 5.91 Å². The standard InChI is InChI=1S/C31H37F2N5O6/c1-5-17-12-18(13-23(34)28(17)38-31(40)43-4)20-8-9-35-16-25(20)37-30(39)24-7-6-21(32)29(36-24)27-22(33)14-19(15-26(27)42-3)44-11-10-41-2/h6-9,14-18,23,28H,5,10-13,34H2,1-4H3,(H,37,39)(H,38,40). The number of nitrogens with two attached hydrogens (primary N) is 1. The maximum atomic E-state index is 15.3. The third kappa shape index (κ3) is 7.40. The number of aromatic nitrogens is 2. The quantitative estimate of drug-likeness (QED) is 0.263. The summed E-state index contributed by atoms with van der Waals surface area (Å²) in [6, 6.07) is 5.97. The van der Waals surface area contributed by atoms with Gasteiger partial charge in [-0.2, -0.15) is 0 Å². The first-order valence-corrected chi connectivity index (χ1v) is 14.2. The van der Waals surface area contributed by atoms with Crippen LogP contribution in [0.3, 0.4) is 0 Å². The summed E-state index contributed by atoms with van der Waals surface area (Å²) in [5.74, 6) is -2.14. The number of hydrogen-bond donors (Lipinski definition) is 3. The second-order valence-corrected chi connectivity index (χ2v) is 10.4. The molecule has 2 heterocycles. The van der Waals surface area contributed by atoms with Crippen LogP contribution < -0.4 is 25.8 Å². The van der Waals surface area contributed by atoms with E-state index in [-0.39, 0.29) is 59.9 Å². The van der Waals surface area contributed by atoms with E-state index in [1.165, 1.54) is 39.7 Å². The molecule has 3 aromatic rings. The van der Waals surface area contributed by atoms with Gasteiger partial charge in [0.1, 0.15) is 41.1 Å². The molecule has 4 unspecified atom stereocenters. The molecular weight excluding hydrogens is 576 g/mol. The predicted octanol–water partition coefficient (Wildman–Crippen LogP) is 4.66. The fourth-order valence-corrected chi connectivity index (χ4v) is 5.60. The molecule has 0 spiro atoms. The highest BCUT2D eigenvalue weighted by molar-refractivity contribution is 6.03. The molecule has 1 saturated carbocycles. The van der Waals surface area contributed by atoms with Crippen molar-refractivity contribution < 1.29 is 37.3 Å². The zero-order chi connectivity index (χ0) is 31.8. The van der Waals surface area contributed by atoms with Crippen LogP contribution in [0.2, 0.25) is 0 Å². The number of methoxy groups -OCH3 is 3. The Kier molecular flexibility index (Phi) is 11.0. The average Bonchev–Trinajstić information content (AvgIpc) is 3.02. The van der Waals surface area contributed by atoms with Crippen molar-refractivity contribution in [2.45, 2.75) is 44.2 Å². The van der Waals surface area contributed by atoms with E-state index in [4.69, 9.17) is 24.7 Å². The van der Waals surface area contributed by atoms with Crippen molar-refractivity contribution in [1.82, 2.24) is 15.3 Å². The summed E-state index contributed by atoms with van der Waals surface area (Å²) < 4.78 is 50.8. The van der Waals surface area contributed by atoms with Crippen molar-refractivity contribution in [2.75, 3.05) is 39.9 Å². The first kappa shape index (κ1) is 32.6. The van der Waals surface area contributed by atoms with E-state index in [1.807, 2.05) is 13.0 Å². The summed E-state index contributed by atoms with van der Waals surface area (Å²) >= 11 is 0. The zero-order valence-electron chi connectivity index (χ0n) is 25.1. The van der Waals surface area contributed by atoms with Gasteiger partial charge < -0.3 is 35.3 Å². The Morgan fingerprint density at radius 1 is 1.07 bits per heavy atom. The second-order valence-electron chi connectivity index (χ2n) is 10.4. The van der Waals surface area contributed by atoms with E-state index in [1.54, 1.807) is 6.20 Å². The molecule has 11 nitrogen and oxygen atoms in total. The third-order valence-corrected chi connectivity index (χ3v) is 7.77. The molecule has 1 fully saturated rings. The van der Waals surface area contributed by atoms with Crippen LogP contribution in [0.15, 0.2) is 42.7 Å². The van der Waals surface area contributed by atoms with Crippen LogP contribution in [0, 0.1) is 17.6 Å². The molecule has 2 amide bonds. The van der Waals surface area contributed by atoms with E-state index in [9.17, 15) is 9.59 Å². The molecule has 0 aliphatic heterocycles. The number of carbonyl (C=O) groups is 2. The maximum absolute atomic E-state index is 15.3. The number of nitrogens with one attached hydrogen (secondary N) is 2. The van der Waals surface area contributed by atoms with Gasteiger partial charge in [-0.25, -0.2) is 18.6 Å². The smallest absolute Gasteiger partial charge is 0.407 e. The minimum Gasteiger partial charge on any atom is -0.496 e. The summed E-state index contributed by atoms with van der Waals surface area (Å²) in [7, 11) is 4.13. The van der Waals surface area contributed by atoms with Gasteiger partial charge in [-0.3, -0.25) is 9.78 Å². The normalized spacial score (nSPS) is 19.6. The molecular formula is C31H37F2N5O6. The number of hydrogen-bond acceptors (Lipinski definition) is 9.